The number of anilines is 1. The molecule has 0 saturated heterocycles. The maximum atomic E-state index is 12.2. The van der Waals surface area contributed by atoms with Gasteiger partial charge >= 0.3 is 0 Å². The van der Waals surface area contributed by atoms with Crippen LogP contribution in [0.5, 0.6) is 11.5 Å². The summed E-state index contributed by atoms with van der Waals surface area (Å²) in [5.74, 6) is 2.30. The maximum Gasteiger partial charge on any atom is 0.234 e. The lowest BCUT2D eigenvalue weighted by Gasteiger charge is -2.08. The van der Waals surface area contributed by atoms with E-state index in [0.29, 0.717) is 5.82 Å². The summed E-state index contributed by atoms with van der Waals surface area (Å²) in [4.78, 5) is 21.3. The van der Waals surface area contributed by atoms with E-state index in [4.69, 9.17) is 9.47 Å². The highest BCUT2D eigenvalue weighted by atomic mass is 32.2. The molecule has 0 atom stereocenters. The molecule has 0 bridgehead atoms. The van der Waals surface area contributed by atoms with Gasteiger partial charge in [0.2, 0.25) is 5.91 Å². The first-order chi connectivity index (χ1) is 13.6. The predicted molar refractivity (Wildman–Crippen MR) is 111 cm³/mol. The summed E-state index contributed by atoms with van der Waals surface area (Å²) in [5, 5.41) is 3.62. The molecule has 28 heavy (non-hydrogen) atoms. The lowest BCUT2D eigenvalue weighted by atomic mass is 10.2. The van der Waals surface area contributed by atoms with E-state index < -0.39 is 0 Å². The molecule has 1 N–H and O–H groups in total. The van der Waals surface area contributed by atoms with Crippen molar-refractivity contribution in [3.63, 3.8) is 0 Å². The van der Waals surface area contributed by atoms with Crippen LogP contribution in [-0.2, 0) is 4.79 Å². The quantitative estimate of drug-likeness (QED) is 0.477. The molecular formula is C21H21N3O3S. The number of carbonyl (C=O) groups excluding carboxylic acids is 1. The Labute approximate surface area is 168 Å². The number of amides is 1. The average Bonchev–Trinajstić information content (AvgIpc) is 2.72. The van der Waals surface area contributed by atoms with Crippen LogP contribution in [0, 0.1) is 6.92 Å². The fourth-order valence-electron chi connectivity index (χ4n) is 2.49. The van der Waals surface area contributed by atoms with Gasteiger partial charge in [-0.1, -0.05) is 11.8 Å². The van der Waals surface area contributed by atoms with E-state index in [0.717, 1.165) is 33.5 Å². The van der Waals surface area contributed by atoms with Crippen LogP contribution in [-0.4, -0.2) is 35.8 Å². The first-order valence-corrected chi connectivity index (χ1v) is 9.63. The summed E-state index contributed by atoms with van der Waals surface area (Å²) in [7, 11) is 3.23. The monoisotopic (exact) mass is 395 g/mol. The summed E-state index contributed by atoms with van der Waals surface area (Å²) in [6.07, 6.45) is 0. The van der Waals surface area contributed by atoms with Gasteiger partial charge in [0.1, 0.15) is 16.5 Å². The Morgan fingerprint density at radius 1 is 0.964 bits per heavy atom. The second-order valence-corrected chi connectivity index (χ2v) is 6.96. The number of benzene rings is 2. The third kappa shape index (κ3) is 5.23. The number of hydrogen-bond donors (Lipinski definition) is 1. The summed E-state index contributed by atoms with van der Waals surface area (Å²) in [5.41, 5.74) is 2.47. The van der Waals surface area contributed by atoms with Crippen molar-refractivity contribution in [2.45, 2.75) is 11.9 Å². The largest absolute Gasteiger partial charge is 0.497 e. The average molecular weight is 395 g/mol. The minimum Gasteiger partial charge on any atom is -0.497 e. The zero-order valence-corrected chi connectivity index (χ0v) is 16.7. The minimum atomic E-state index is -0.0996. The zero-order chi connectivity index (χ0) is 19.9. The number of rotatable bonds is 7. The van der Waals surface area contributed by atoms with Gasteiger partial charge in [-0.25, -0.2) is 9.97 Å². The molecule has 0 saturated carbocycles. The lowest BCUT2D eigenvalue weighted by Crippen LogP contribution is -2.14. The SMILES string of the molecule is COc1ccc(NC(=O)CSc2cc(C)nc(-c3ccc(OC)cc3)n2)cc1. The number of aryl methyl sites for hydroxylation is 1. The van der Waals surface area contributed by atoms with Gasteiger partial charge in [0.25, 0.3) is 0 Å². The summed E-state index contributed by atoms with van der Waals surface area (Å²) >= 11 is 1.37. The van der Waals surface area contributed by atoms with Crippen molar-refractivity contribution in [3.05, 3.63) is 60.3 Å². The molecule has 3 rings (SSSR count). The minimum absolute atomic E-state index is 0.0996. The van der Waals surface area contributed by atoms with Crippen LogP contribution < -0.4 is 14.8 Å². The first-order valence-electron chi connectivity index (χ1n) is 8.64. The molecule has 1 amide bonds. The summed E-state index contributed by atoms with van der Waals surface area (Å²) in [6.45, 7) is 1.91. The van der Waals surface area contributed by atoms with Crippen LogP contribution in [0.1, 0.15) is 5.69 Å². The van der Waals surface area contributed by atoms with Crippen molar-refractivity contribution in [2.75, 3.05) is 25.3 Å². The van der Waals surface area contributed by atoms with Gasteiger partial charge in [0.15, 0.2) is 5.82 Å². The van der Waals surface area contributed by atoms with Crippen LogP contribution in [0.25, 0.3) is 11.4 Å². The van der Waals surface area contributed by atoms with Crippen molar-refractivity contribution in [1.82, 2.24) is 9.97 Å². The molecule has 6 nitrogen and oxygen atoms in total. The molecule has 0 fully saturated rings. The van der Waals surface area contributed by atoms with Crippen LogP contribution in [0.4, 0.5) is 5.69 Å². The van der Waals surface area contributed by atoms with Crippen LogP contribution >= 0.6 is 11.8 Å². The number of nitrogens with zero attached hydrogens (tertiary/aromatic N) is 2. The van der Waals surface area contributed by atoms with Gasteiger partial charge in [-0.3, -0.25) is 4.79 Å². The van der Waals surface area contributed by atoms with Crippen LogP contribution in [0.2, 0.25) is 0 Å². The van der Waals surface area contributed by atoms with Gasteiger partial charge in [0, 0.05) is 16.9 Å². The van der Waals surface area contributed by atoms with Gasteiger partial charge in [-0.2, -0.15) is 0 Å². The van der Waals surface area contributed by atoms with E-state index in [9.17, 15) is 4.79 Å². The van der Waals surface area contributed by atoms with Crippen molar-refractivity contribution in [3.8, 4) is 22.9 Å². The number of nitrogens with one attached hydrogen (secondary N) is 1. The van der Waals surface area contributed by atoms with E-state index in [1.807, 2.05) is 37.3 Å². The number of hydrogen-bond acceptors (Lipinski definition) is 6. The predicted octanol–water partition coefficient (Wildman–Crippen LogP) is 4.20. The van der Waals surface area contributed by atoms with E-state index in [1.54, 1.807) is 38.5 Å². The van der Waals surface area contributed by atoms with Crippen molar-refractivity contribution in [1.29, 1.82) is 0 Å². The molecule has 144 valence electrons. The molecule has 1 heterocycles. The molecule has 2 aromatic carbocycles. The summed E-state index contributed by atoms with van der Waals surface area (Å²) in [6, 6.07) is 16.7. The Morgan fingerprint density at radius 2 is 1.57 bits per heavy atom. The molecule has 0 aliphatic rings. The molecule has 1 aromatic heterocycles. The number of carbonyl (C=O) groups is 1. The number of aromatic nitrogens is 2. The van der Waals surface area contributed by atoms with E-state index in [1.165, 1.54) is 11.8 Å². The standard InChI is InChI=1S/C21H21N3O3S/c1-14-12-20(24-21(22-14)15-4-8-17(26-2)9-5-15)28-13-19(25)23-16-6-10-18(27-3)11-7-16/h4-12H,13H2,1-3H3,(H,23,25). The van der Waals surface area contributed by atoms with Gasteiger partial charge in [0.05, 0.1) is 20.0 Å². The topological polar surface area (TPSA) is 73.3 Å². The highest BCUT2D eigenvalue weighted by Gasteiger charge is 2.09. The summed E-state index contributed by atoms with van der Waals surface area (Å²) < 4.78 is 10.3. The Morgan fingerprint density at radius 3 is 2.18 bits per heavy atom. The number of thioether (sulfide) groups is 1. The molecular weight excluding hydrogens is 374 g/mol. The molecule has 7 heteroatoms. The molecule has 0 spiro atoms. The highest BCUT2D eigenvalue weighted by molar-refractivity contribution is 7.99. The van der Waals surface area contributed by atoms with Crippen molar-refractivity contribution >= 4 is 23.4 Å². The molecule has 0 aliphatic heterocycles. The van der Waals surface area contributed by atoms with Gasteiger partial charge in [-0.15, -0.1) is 0 Å². The smallest absolute Gasteiger partial charge is 0.234 e. The van der Waals surface area contributed by atoms with E-state index in [-0.39, 0.29) is 11.7 Å². The second-order valence-electron chi connectivity index (χ2n) is 5.97. The van der Waals surface area contributed by atoms with Gasteiger partial charge in [-0.05, 0) is 61.5 Å². The van der Waals surface area contributed by atoms with Crippen LogP contribution in [0.15, 0.2) is 59.6 Å². The lowest BCUT2D eigenvalue weighted by molar-refractivity contribution is -0.113. The fourth-order valence-corrected chi connectivity index (χ4v) is 3.25. The second kappa shape index (κ2) is 9.23. The number of ether oxygens (including phenoxy) is 2. The molecule has 0 unspecified atom stereocenters. The van der Waals surface area contributed by atoms with E-state index in [2.05, 4.69) is 15.3 Å². The molecule has 0 radical (unpaired) electrons. The third-order valence-corrected chi connectivity index (χ3v) is 4.82. The van der Waals surface area contributed by atoms with Gasteiger partial charge < -0.3 is 14.8 Å². The Bertz CT molecular complexity index is 944. The Balaban J connectivity index is 1.64. The third-order valence-electron chi connectivity index (χ3n) is 3.90. The van der Waals surface area contributed by atoms with Crippen molar-refractivity contribution < 1.29 is 14.3 Å². The Hall–Kier alpha value is -3.06. The zero-order valence-electron chi connectivity index (χ0n) is 15.9. The maximum absolute atomic E-state index is 12.2. The van der Waals surface area contributed by atoms with E-state index >= 15 is 0 Å². The Kier molecular flexibility index (Phi) is 6.49. The fraction of sp³-hybridized carbons (Fsp3) is 0.190. The first kappa shape index (κ1) is 19.7. The molecule has 3 aromatic rings. The van der Waals surface area contributed by atoms with Crippen LogP contribution in [0.3, 0.4) is 0 Å². The normalized spacial score (nSPS) is 10.4. The highest BCUT2D eigenvalue weighted by Crippen LogP contribution is 2.24. The van der Waals surface area contributed by atoms with Crippen molar-refractivity contribution in [2.24, 2.45) is 0 Å². The molecule has 0 aliphatic carbocycles. The number of methoxy groups -OCH3 is 2.